The lowest BCUT2D eigenvalue weighted by Crippen LogP contribution is -2.20. The molecule has 1 unspecified atom stereocenters. The van der Waals surface area contributed by atoms with Crippen LogP contribution in [0.15, 0.2) is 6.07 Å². The van der Waals surface area contributed by atoms with Gasteiger partial charge in [0, 0.05) is 11.4 Å². The van der Waals surface area contributed by atoms with Gasteiger partial charge in [0.1, 0.15) is 0 Å². The van der Waals surface area contributed by atoms with E-state index in [1.54, 1.807) is 6.07 Å². The van der Waals surface area contributed by atoms with Crippen LogP contribution in [0.25, 0.3) is 0 Å². The van der Waals surface area contributed by atoms with E-state index < -0.39 is 0 Å². The molecule has 1 amide bonds. The minimum atomic E-state index is -0.359. The Hall–Kier alpha value is -0.970. The molecule has 4 nitrogen and oxygen atoms in total. The highest BCUT2D eigenvalue weighted by atomic mass is 35.5. The second kappa shape index (κ2) is 11.7. The topological polar surface area (TPSA) is 55.4 Å². The van der Waals surface area contributed by atoms with Crippen molar-refractivity contribution in [2.75, 3.05) is 11.9 Å². The van der Waals surface area contributed by atoms with Gasteiger partial charge in [0.05, 0.1) is 28.3 Å². The predicted molar refractivity (Wildman–Crippen MR) is 108 cm³/mol. The minimum absolute atomic E-state index is 0.171. The molecule has 0 radical (unpaired) electrons. The summed E-state index contributed by atoms with van der Waals surface area (Å²) in [6.07, 6.45) is 3.79. The number of anilines is 1. The summed E-state index contributed by atoms with van der Waals surface area (Å²) in [5.41, 5.74) is 0.921. The first kappa shape index (κ1) is 23.1. The monoisotopic (exact) mass is 421 g/mol. The number of hydrogen-bond donors (Lipinski definition) is 1. The molecule has 1 aromatic rings. The molecule has 1 aromatic carbocycles. The van der Waals surface area contributed by atoms with Gasteiger partial charge in [-0.25, -0.2) is 0 Å². The zero-order chi connectivity index (χ0) is 19.7. The molecule has 1 rings (SSSR count). The number of esters is 1. The molecular weight excluding hydrogens is 397 g/mol. The van der Waals surface area contributed by atoms with Crippen LogP contribution < -0.4 is 5.32 Å². The first-order valence-corrected chi connectivity index (χ1v) is 10.1. The van der Waals surface area contributed by atoms with E-state index in [1.165, 1.54) is 0 Å². The molecule has 26 heavy (non-hydrogen) atoms. The third kappa shape index (κ3) is 6.64. The van der Waals surface area contributed by atoms with Crippen molar-refractivity contribution in [3.05, 3.63) is 26.7 Å². The Labute approximate surface area is 170 Å². The van der Waals surface area contributed by atoms with Gasteiger partial charge in [0.15, 0.2) is 0 Å². The first-order chi connectivity index (χ1) is 12.3. The first-order valence-electron chi connectivity index (χ1n) is 8.98. The summed E-state index contributed by atoms with van der Waals surface area (Å²) in [6, 6.07) is 1.54. The number of rotatable bonds is 10. The fourth-order valence-corrected chi connectivity index (χ4v) is 3.45. The normalized spacial score (nSPS) is 11.9. The van der Waals surface area contributed by atoms with Crippen LogP contribution in [0.1, 0.15) is 58.4 Å². The maximum Gasteiger partial charge on any atom is 0.309 e. The number of halogens is 3. The Morgan fingerprint density at radius 3 is 2.38 bits per heavy atom. The molecule has 0 aromatic heterocycles. The fourth-order valence-electron chi connectivity index (χ4n) is 2.44. The molecule has 0 bridgehead atoms. The molecule has 0 heterocycles. The van der Waals surface area contributed by atoms with E-state index in [4.69, 9.17) is 39.5 Å². The van der Waals surface area contributed by atoms with Crippen LogP contribution in [-0.2, 0) is 20.7 Å². The number of carbonyl (C=O) groups excluding carboxylic acids is 2. The number of unbranched alkanes of at least 4 members (excludes halogenated alkanes) is 1. The second-order valence-corrected chi connectivity index (χ2v) is 7.33. The zero-order valence-corrected chi connectivity index (χ0v) is 17.7. The molecule has 7 heteroatoms. The van der Waals surface area contributed by atoms with E-state index in [0.29, 0.717) is 48.6 Å². The van der Waals surface area contributed by atoms with Crippen LogP contribution in [0, 0.1) is 5.92 Å². The Morgan fingerprint density at radius 1 is 1.12 bits per heavy atom. The van der Waals surface area contributed by atoms with Gasteiger partial charge >= 0.3 is 5.97 Å². The number of hydrogen-bond acceptors (Lipinski definition) is 3. The highest BCUT2D eigenvalue weighted by molar-refractivity contribution is 6.43. The number of nitrogens with one attached hydrogen (secondary N) is 1. The Bertz CT molecular complexity index is 635. The third-order valence-electron chi connectivity index (χ3n) is 4.03. The summed E-state index contributed by atoms with van der Waals surface area (Å²) in [5.74, 6) is -0.794. The van der Waals surface area contributed by atoms with E-state index in [0.717, 1.165) is 12.8 Å². The van der Waals surface area contributed by atoms with Crippen molar-refractivity contribution >= 4 is 52.4 Å². The van der Waals surface area contributed by atoms with Gasteiger partial charge < -0.3 is 10.1 Å². The van der Waals surface area contributed by atoms with E-state index in [2.05, 4.69) is 5.32 Å². The second-order valence-electron chi connectivity index (χ2n) is 6.14. The average Bonchev–Trinajstić information content (AvgIpc) is 2.59. The summed E-state index contributed by atoms with van der Waals surface area (Å²) in [7, 11) is 0. The van der Waals surface area contributed by atoms with Crippen molar-refractivity contribution in [2.45, 2.75) is 59.3 Å². The zero-order valence-electron chi connectivity index (χ0n) is 15.5. The quantitative estimate of drug-likeness (QED) is 0.355. The van der Waals surface area contributed by atoms with Gasteiger partial charge in [-0.05, 0) is 37.3 Å². The fraction of sp³-hybridized carbons (Fsp3) is 0.579. The van der Waals surface area contributed by atoms with Crippen molar-refractivity contribution < 1.29 is 14.3 Å². The van der Waals surface area contributed by atoms with Crippen LogP contribution in [-0.4, -0.2) is 18.5 Å². The molecule has 0 spiro atoms. The third-order valence-corrected chi connectivity index (χ3v) is 5.08. The maximum absolute atomic E-state index is 12.3. The SMILES string of the molecule is CCCCOC(=O)C(CC)Cc1c(Cl)cc(Cl)c(NC(=O)CCC)c1Cl. The van der Waals surface area contributed by atoms with Crippen molar-refractivity contribution in [3.63, 3.8) is 0 Å². The highest BCUT2D eigenvalue weighted by Gasteiger charge is 2.24. The van der Waals surface area contributed by atoms with E-state index >= 15 is 0 Å². The Balaban J connectivity index is 3.03. The molecule has 0 saturated carbocycles. The van der Waals surface area contributed by atoms with Crippen molar-refractivity contribution in [1.29, 1.82) is 0 Å². The molecule has 0 aliphatic carbocycles. The molecule has 0 aliphatic rings. The van der Waals surface area contributed by atoms with E-state index in [1.807, 2.05) is 20.8 Å². The van der Waals surface area contributed by atoms with Crippen molar-refractivity contribution in [1.82, 2.24) is 0 Å². The summed E-state index contributed by atoms with van der Waals surface area (Å²) < 4.78 is 5.32. The van der Waals surface area contributed by atoms with Crippen LogP contribution >= 0.6 is 34.8 Å². The molecule has 0 fully saturated rings. The van der Waals surface area contributed by atoms with Crippen molar-refractivity contribution in [3.8, 4) is 0 Å². The minimum Gasteiger partial charge on any atom is -0.465 e. The van der Waals surface area contributed by atoms with Gasteiger partial charge in [-0.2, -0.15) is 0 Å². The van der Waals surface area contributed by atoms with Gasteiger partial charge in [0.25, 0.3) is 0 Å². The number of carbonyl (C=O) groups is 2. The highest BCUT2D eigenvalue weighted by Crippen LogP contribution is 2.39. The van der Waals surface area contributed by atoms with Gasteiger partial charge in [0.2, 0.25) is 5.91 Å². The molecule has 0 aliphatic heterocycles. The van der Waals surface area contributed by atoms with Gasteiger partial charge in [-0.1, -0.05) is 62.0 Å². The number of ether oxygens (including phenoxy) is 1. The molecule has 0 saturated heterocycles. The summed E-state index contributed by atoms with van der Waals surface area (Å²) in [5, 5.41) is 3.64. The number of amides is 1. The predicted octanol–water partition coefficient (Wildman–Crippen LogP) is 6.30. The van der Waals surface area contributed by atoms with Gasteiger partial charge in [-0.3, -0.25) is 9.59 Å². The largest absolute Gasteiger partial charge is 0.465 e. The van der Waals surface area contributed by atoms with Crippen LogP contribution in [0.5, 0.6) is 0 Å². The molecule has 146 valence electrons. The maximum atomic E-state index is 12.3. The molecular formula is C19H26Cl3NO3. The Morgan fingerprint density at radius 2 is 1.81 bits per heavy atom. The standard InChI is InChI=1S/C19H26Cl3NO3/c1-4-7-9-26-19(25)12(6-3)10-13-14(20)11-15(21)18(17(13)22)23-16(24)8-5-2/h11-12H,4-10H2,1-3H3,(H,23,24). The van der Waals surface area contributed by atoms with Crippen LogP contribution in [0.3, 0.4) is 0 Å². The lowest BCUT2D eigenvalue weighted by molar-refractivity contribution is -0.148. The molecule has 1 N–H and O–H groups in total. The van der Waals surface area contributed by atoms with Gasteiger partial charge in [-0.15, -0.1) is 0 Å². The lowest BCUT2D eigenvalue weighted by atomic mass is 9.96. The van der Waals surface area contributed by atoms with E-state index in [9.17, 15) is 9.59 Å². The summed E-state index contributed by atoms with van der Waals surface area (Å²) in [6.45, 7) is 6.26. The smallest absolute Gasteiger partial charge is 0.309 e. The number of benzene rings is 1. The van der Waals surface area contributed by atoms with Crippen molar-refractivity contribution in [2.24, 2.45) is 5.92 Å². The lowest BCUT2D eigenvalue weighted by Gasteiger charge is -2.18. The summed E-state index contributed by atoms with van der Waals surface area (Å²) >= 11 is 19.0. The summed E-state index contributed by atoms with van der Waals surface area (Å²) in [4.78, 5) is 24.2. The average molecular weight is 423 g/mol. The Kier molecular flexibility index (Phi) is 10.4. The van der Waals surface area contributed by atoms with Crippen LogP contribution in [0.4, 0.5) is 5.69 Å². The van der Waals surface area contributed by atoms with E-state index in [-0.39, 0.29) is 27.8 Å². The molecule has 1 atom stereocenters. The van der Waals surface area contributed by atoms with Crippen LogP contribution in [0.2, 0.25) is 15.1 Å².